The monoisotopic (exact) mass is 284 g/mol. The fourth-order valence-electron chi connectivity index (χ4n) is 3.32. The van der Waals surface area contributed by atoms with E-state index in [9.17, 15) is 4.79 Å². The highest BCUT2D eigenvalue weighted by Gasteiger charge is 2.19. The largest absolute Gasteiger partial charge is 0.289 e. The third kappa shape index (κ3) is 2.15. The first-order valence-electron chi connectivity index (χ1n) is 7.64. The third-order valence-electron chi connectivity index (χ3n) is 4.38. The highest BCUT2D eigenvalue weighted by Crippen LogP contribution is 2.33. The molecule has 0 aliphatic heterocycles. The van der Waals surface area contributed by atoms with Crippen LogP contribution in [0, 0.1) is 0 Å². The van der Waals surface area contributed by atoms with Crippen LogP contribution in [0.3, 0.4) is 0 Å². The minimum Gasteiger partial charge on any atom is -0.289 e. The smallest absolute Gasteiger partial charge is 0.186 e. The molecule has 0 fully saturated rings. The Balaban J connectivity index is 1.74. The zero-order chi connectivity index (χ0) is 14.9. The van der Waals surface area contributed by atoms with Crippen LogP contribution >= 0.6 is 0 Å². The number of hydrogen-bond donors (Lipinski definition) is 0. The molecule has 4 rings (SSSR count). The van der Waals surface area contributed by atoms with Crippen molar-refractivity contribution in [3.63, 3.8) is 0 Å². The van der Waals surface area contributed by atoms with Crippen molar-refractivity contribution in [1.82, 2.24) is 0 Å². The van der Waals surface area contributed by atoms with Crippen LogP contribution in [-0.4, -0.2) is 5.78 Å². The molecule has 0 atom stereocenters. The lowest BCUT2D eigenvalue weighted by Gasteiger charge is -2.06. The van der Waals surface area contributed by atoms with Crippen LogP contribution in [0.5, 0.6) is 0 Å². The Morgan fingerprint density at radius 2 is 1.73 bits per heavy atom. The molecule has 0 N–H and O–H groups in total. The Morgan fingerprint density at radius 1 is 0.864 bits per heavy atom. The maximum Gasteiger partial charge on any atom is 0.186 e. The summed E-state index contributed by atoms with van der Waals surface area (Å²) in [6.07, 6.45) is 5.59. The average molecular weight is 284 g/mol. The van der Waals surface area contributed by atoms with E-state index in [-0.39, 0.29) is 5.78 Å². The van der Waals surface area contributed by atoms with Crippen molar-refractivity contribution in [2.45, 2.75) is 12.8 Å². The summed E-state index contributed by atoms with van der Waals surface area (Å²) in [6.45, 7) is 0. The number of benzene rings is 3. The van der Waals surface area contributed by atoms with E-state index in [1.54, 1.807) is 6.08 Å². The van der Waals surface area contributed by atoms with Gasteiger partial charge in [0, 0.05) is 5.56 Å². The van der Waals surface area contributed by atoms with Gasteiger partial charge in [-0.2, -0.15) is 0 Å². The van der Waals surface area contributed by atoms with Gasteiger partial charge in [0.2, 0.25) is 0 Å². The molecule has 22 heavy (non-hydrogen) atoms. The summed E-state index contributed by atoms with van der Waals surface area (Å²) in [5.41, 5.74) is 4.49. The molecule has 0 unspecified atom stereocenters. The molecule has 1 heteroatoms. The van der Waals surface area contributed by atoms with E-state index in [1.165, 1.54) is 21.9 Å². The zero-order valence-corrected chi connectivity index (χ0v) is 12.3. The van der Waals surface area contributed by atoms with Crippen LogP contribution in [0.15, 0.2) is 66.7 Å². The van der Waals surface area contributed by atoms with Gasteiger partial charge in [-0.25, -0.2) is 0 Å². The Labute approximate surface area is 129 Å². The quantitative estimate of drug-likeness (QED) is 0.497. The van der Waals surface area contributed by atoms with Gasteiger partial charge in [-0.15, -0.1) is 0 Å². The van der Waals surface area contributed by atoms with Crippen LogP contribution in [0.1, 0.15) is 27.0 Å². The minimum atomic E-state index is 0.0949. The molecule has 1 nitrogen and oxygen atoms in total. The highest BCUT2D eigenvalue weighted by molar-refractivity contribution is 6.11. The molecule has 0 bridgehead atoms. The maximum atomic E-state index is 12.6. The lowest BCUT2D eigenvalue weighted by molar-refractivity contribution is 0.104. The zero-order valence-electron chi connectivity index (χ0n) is 12.3. The van der Waals surface area contributed by atoms with Gasteiger partial charge in [0.1, 0.15) is 0 Å². The Hall–Kier alpha value is -2.67. The van der Waals surface area contributed by atoms with Gasteiger partial charge >= 0.3 is 0 Å². The predicted molar refractivity (Wildman–Crippen MR) is 91.2 cm³/mol. The van der Waals surface area contributed by atoms with Gasteiger partial charge in [-0.1, -0.05) is 66.7 Å². The number of aryl methyl sites for hydroxylation is 2. The molecule has 106 valence electrons. The molecule has 0 spiro atoms. The molecule has 3 aromatic rings. The fraction of sp³-hybridized carbons (Fsp3) is 0.0952. The second kappa shape index (κ2) is 5.27. The van der Waals surface area contributed by atoms with Crippen LogP contribution in [0.4, 0.5) is 0 Å². The minimum absolute atomic E-state index is 0.0949. The number of hydrogen-bond acceptors (Lipinski definition) is 1. The van der Waals surface area contributed by atoms with Gasteiger partial charge in [0.15, 0.2) is 5.78 Å². The van der Waals surface area contributed by atoms with Crippen LogP contribution in [-0.2, 0) is 12.8 Å². The van der Waals surface area contributed by atoms with Crippen molar-refractivity contribution in [2.75, 3.05) is 0 Å². The molecular formula is C21H16O. The molecule has 0 heterocycles. The van der Waals surface area contributed by atoms with Crippen LogP contribution in [0.2, 0.25) is 0 Å². The molecule has 1 aliphatic rings. The van der Waals surface area contributed by atoms with Gasteiger partial charge in [0.05, 0.1) is 0 Å². The second-order valence-electron chi connectivity index (χ2n) is 5.72. The number of carbonyl (C=O) groups excluding carboxylic acids is 1. The highest BCUT2D eigenvalue weighted by atomic mass is 16.1. The van der Waals surface area contributed by atoms with Crippen molar-refractivity contribution in [1.29, 1.82) is 0 Å². The maximum absolute atomic E-state index is 12.6. The molecule has 1 aliphatic carbocycles. The van der Waals surface area contributed by atoms with E-state index >= 15 is 0 Å². The van der Waals surface area contributed by atoms with Crippen molar-refractivity contribution < 1.29 is 4.79 Å². The van der Waals surface area contributed by atoms with Gasteiger partial charge in [-0.3, -0.25) is 4.79 Å². The number of ketones is 1. The van der Waals surface area contributed by atoms with Crippen molar-refractivity contribution >= 4 is 22.6 Å². The lowest BCUT2D eigenvalue weighted by Crippen LogP contribution is -1.99. The Morgan fingerprint density at radius 3 is 2.59 bits per heavy atom. The van der Waals surface area contributed by atoms with E-state index in [1.807, 2.05) is 42.5 Å². The second-order valence-corrected chi connectivity index (χ2v) is 5.72. The molecular weight excluding hydrogens is 268 g/mol. The average Bonchev–Trinajstić information content (AvgIpc) is 3.00. The van der Waals surface area contributed by atoms with E-state index in [0.29, 0.717) is 0 Å². The lowest BCUT2D eigenvalue weighted by atomic mass is 9.97. The summed E-state index contributed by atoms with van der Waals surface area (Å²) in [7, 11) is 0. The first-order valence-corrected chi connectivity index (χ1v) is 7.64. The van der Waals surface area contributed by atoms with Gasteiger partial charge in [0.25, 0.3) is 0 Å². The number of carbonyl (C=O) groups is 1. The number of allylic oxidation sites excluding steroid dienone is 1. The molecule has 0 saturated heterocycles. The summed E-state index contributed by atoms with van der Waals surface area (Å²) in [5, 5.41) is 2.54. The summed E-state index contributed by atoms with van der Waals surface area (Å²) < 4.78 is 0. The number of rotatable bonds is 3. The van der Waals surface area contributed by atoms with E-state index in [2.05, 4.69) is 24.3 Å². The van der Waals surface area contributed by atoms with E-state index in [0.717, 1.165) is 24.0 Å². The van der Waals surface area contributed by atoms with Crippen LogP contribution < -0.4 is 0 Å². The van der Waals surface area contributed by atoms with E-state index in [4.69, 9.17) is 0 Å². The SMILES string of the molecule is O=C(/C=C/c1ccccc1)c1ccc2cccc3c2c1CC3. The first-order chi connectivity index (χ1) is 10.8. The van der Waals surface area contributed by atoms with Gasteiger partial charge < -0.3 is 0 Å². The van der Waals surface area contributed by atoms with Crippen LogP contribution in [0.25, 0.3) is 16.8 Å². The standard InChI is InChI=1S/C21H16O/c22-20(14-9-15-5-2-1-3-6-15)18-12-10-16-7-4-8-17-11-13-19(18)21(16)17/h1-10,12,14H,11,13H2/b14-9+. The van der Waals surface area contributed by atoms with E-state index < -0.39 is 0 Å². The Bertz CT molecular complexity index is 888. The molecule has 3 aromatic carbocycles. The molecule has 0 amide bonds. The van der Waals surface area contributed by atoms with Crippen molar-refractivity contribution in [2.24, 2.45) is 0 Å². The topological polar surface area (TPSA) is 17.1 Å². The molecule has 0 saturated carbocycles. The van der Waals surface area contributed by atoms with Crippen molar-refractivity contribution in [3.05, 3.63) is 89.0 Å². The molecule has 0 aromatic heterocycles. The summed E-state index contributed by atoms with van der Waals surface area (Å²) in [6, 6.07) is 20.4. The predicted octanol–water partition coefficient (Wildman–Crippen LogP) is 4.83. The van der Waals surface area contributed by atoms with Gasteiger partial charge in [-0.05, 0) is 46.4 Å². The summed E-state index contributed by atoms with van der Waals surface area (Å²) in [5.74, 6) is 0.0949. The fourth-order valence-corrected chi connectivity index (χ4v) is 3.32. The first kappa shape index (κ1) is 13.0. The summed E-state index contributed by atoms with van der Waals surface area (Å²) >= 11 is 0. The summed E-state index contributed by atoms with van der Waals surface area (Å²) in [4.78, 5) is 12.6. The third-order valence-corrected chi connectivity index (χ3v) is 4.38. The normalized spacial score (nSPS) is 13.1. The Kier molecular flexibility index (Phi) is 3.12. The molecule has 0 radical (unpaired) electrons. The van der Waals surface area contributed by atoms with Crippen molar-refractivity contribution in [3.8, 4) is 0 Å².